The Hall–Kier alpha value is -0.610. The van der Waals surface area contributed by atoms with Crippen LogP contribution >= 0.6 is 0 Å². The van der Waals surface area contributed by atoms with E-state index in [2.05, 4.69) is 29.4 Å². The summed E-state index contributed by atoms with van der Waals surface area (Å²) in [6.45, 7) is 8.96. The van der Waals surface area contributed by atoms with Crippen molar-refractivity contribution in [3.05, 3.63) is 0 Å². The zero-order chi connectivity index (χ0) is 11.5. The van der Waals surface area contributed by atoms with E-state index in [0.29, 0.717) is 6.42 Å². The molecule has 0 bridgehead atoms. The molecule has 0 spiro atoms. The number of rotatable bonds is 9. The number of amides is 1. The smallest absolute Gasteiger partial charge is 0.221 e. The lowest BCUT2D eigenvalue weighted by Gasteiger charge is -2.19. The van der Waals surface area contributed by atoms with Gasteiger partial charge in [-0.1, -0.05) is 13.8 Å². The molecule has 0 radical (unpaired) electrons. The van der Waals surface area contributed by atoms with Gasteiger partial charge >= 0.3 is 0 Å². The molecule has 0 aromatic carbocycles. The van der Waals surface area contributed by atoms with Crippen LogP contribution in [0.3, 0.4) is 0 Å². The molecule has 0 rings (SSSR count). The van der Waals surface area contributed by atoms with Gasteiger partial charge < -0.3 is 15.5 Å². The molecule has 0 atom stereocenters. The standard InChI is InChI=1S/C11H25N3O/c1-4-9-14(5-2)10-8-13-11(15)6-7-12-3/h12H,4-10H2,1-3H3,(H,13,15). The van der Waals surface area contributed by atoms with E-state index in [1.165, 1.54) is 6.42 Å². The molecule has 1 amide bonds. The largest absolute Gasteiger partial charge is 0.355 e. The molecular weight excluding hydrogens is 190 g/mol. The van der Waals surface area contributed by atoms with Crippen molar-refractivity contribution in [3.8, 4) is 0 Å². The Balaban J connectivity index is 3.45. The number of nitrogens with zero attached hydrogens (tertiary/aromatic N) is 1. The highest BCUT2D eigenvalue weighted by Crippen LogP contribution is 1.89. The maximum absolute atomic E-state index is 11.3. The molecule has 4 heteroatoms. The van der Waals surface area contributed by atoms with E-state index in [0.717, 1.165) is 32.7 Å². The monoisotopic (exact) mass is 215 g/mol. The van der Waals surface area contributed by atoms with Crippen molar-refractivity contribution in [3.63, 3.8) is 0 Å². The molecule has 0 heterocycles. The summed E-state index contributed by atoms with van der Waals surface area (Å²) in [5.74, 6) is 0.136. The average Bonchev–Trinajstić information content (AvgIpc) is 2.25. The van der Waals surface area contributed by atoms with Gasteiger partial charge in [0.2, 0.25) is 5.91 Å². The number of likely N-dealkylation sites (N-methyl/N-ethyl adjacent to an activating group) is 1. The van der Waals surface area contributed by atoms with E-state index in [-0.39, 0.29) is 5.91 Å². The molecule has 0 fully saturated rings. The molecule has 15 heavy (non-hydrogen) atoms. The number of carbonyl (C=O) groups is 1. The molecule has 90 valence electrons. The summed E-state index contributed by atoms with van der Waals surface area (Å²) >= 11 is 0. The van der Waals surface area contributed by atoms with Crippen molar-refractivity contribution in [1.82, 2.24) is 15.5 Å². The third-order valence-electron chi connectivity index (χ3n) is 2.34. The molecule has 0 aromatic heterocycles. The molecule has 0 saturated heterocycles. The van der Waals surface area contributed by atoms with Crippen molar-refractivity contribution in [1.29, 1.82) is 0 Å². The van der Waals surface area contributed by atoms with Crippen LogP contribution in [0.2, 0.25) is 0 Å². The van der Waals surface area contributed by atoms with E-state index in [9.17, 15) is 4.79 Å². The van der Waals surface area contributed by atoms with Crippen LogP contribution in [0.25, 0.3) is 0 Å². The van der Waals surface area contributed by atoms with E-state index in [1.807, 2.05) is 7.05 Å². The van der Waals surface area contributed by atoms with Gasteiger partial charge in [0.1, 0.15) is 0 Å². The van der Waals surface area contributed by atoms with Crippen LogP contribution in [0.15, 0.2) is 0 Å². The molecule has 0 aromatic rings. The quantitative estimate of drug-likeness (QED) is 0.587. The number of carbonyl (C=O) groups excluding carboxylic acids is 1. The molecule has 0 aliphatic heterocycles. The van der Waals surface area contributed by atoms with Crippen molar-refractivity contribution in [2.24, 2.45) is 0 Å². The fraction of sp³-hybridized carbons (Fsp3) is 0.909. The lowest BCUT2D eigenvalue weighted by Crippen LogP contribution is -2.36. The lowest BCUT2D eigenvalue weighted by atomic mass is 10.3. The van der Waals surface area contributed by atoms with Crippen molar-refractivity contribution in [2.45, 2.75) is 26.7 Å². The van der Waals surface area contributed by atoms with Crippen LogP contribution in [-0.2, 0) is 4.79 Å². The van der Waals surface area contributed by atoms with E-state index in [4.69, 9.17) is 0 Å². The normalized spacial score (nSPS) is 10.7. The van der Waals surface area contributed by atoms with Crippen molar-refractivity contribution < 1.29 is 4.79 Å². The minimum atomic E-state index is 0.136. The maximum Gasteiger partial charge on any atom is 0.221 e. The first kappa shape index (κ1) is 14.4. The van der Waals surface area contributed by atoms with Crippen LogP contribution < -0.4 is 10.6 Å². The fourth-order valence-electron chi connectivity index (χ4n) is 1.42. The van der Waals surface area contributed by atoms with Crippen molar-refractivity contribution >= 4 is 5.91 Å². The zero-order valence-corrected chi connectivity index (χ0v) is 10.3. The van der Waals surface area contributed by atoms with Crippen LogP contribution in [0.5, 0.6) is 0 Å². The number of hydrogen-bond acceptors (Lipinski definition) is 3. The van der Waals surface area contributed by atoms with Crippen LogP contribution in [-0.4, -0.2) is 50.6 Å². The van der Waals surface area contributed by atoms with Crippen LogP contribution in [0, 0.1) is 0 Å². The van der Waals surface area contributed by atoms with Gasteiger partial charge in [-0.3, -0.25) is 4.79 Å². The van der Waals surface area contributed by atoms with Gasteiger partial charge in [-0.2, -0.15) is 0 Å². The Morgan fingerprint density at radius 3 is 2.47 bits per heavy atom. The van der Waals surface area contributed by atoms with Crippen LogP contribution in [0.4, 0.5) is 0 Å². The van der Waals surface area contributed by atoms with E-state index >= 15 is 0 Å². The zero-order valence-electron chi connectivity index (χ0n) is 10.3. The first-order chi connectivity index (χ1) is 7.24. The number of nitrogens with one attached hydrogen (secondary N) is 2. The van der Waals surface area contributed by atoms with Gasteiger partial charge in [0.15, 0.2) is 0 Å². The SMILES string of the molecule is CCCN(CC)CCNC(=O)CCNC. The third kappa shape index (κ3) is 8.39. The molecule has 0 unspecified atom stereocenters. The van der Waals surface area contributed by atoms with Gasteiger partial charge in [0, 0.05) is 26.1 Å². The van der Waals surface area contributed by atoms with E-state index in [1.54, 1.807) is 0 Å². The van der Waals surface area contributed by atoms with Gasteiger partial charge in [-0.15, -0.1) is 0 Å². The molecule has 2 N–H and O–H groups in total. The summed E-state index contributed by atoms with van der Waals surface area (Å²) in [6, 6.07) is 0. The minimum Gasteiger partial charge on any atom is -0.355 e. The molecule has 0 aliphatic carbocycles. The molecular formula is C11H25N3O. The molecule has 4 nitrogen and oxygen atoms in total. The maximum atomic E-state index is 11.3. The van der Waals surface area contributed by atoms with E-state index < -0.39 is 0 Å². The summed E-state index contributed by atoms with van der Waals surface area (Å²) in [7, 11) is 1.85. The Kier molecular flexibility index (Phi) is 9.52. The highest BCUT2D eigenvalue weighted by atomic mass is 16.1. The molecule has 0 aliphatic rings. The highest BCUT2D eigenvalue weighted by molar-refractivity contribution is 5.75. The van der Waals surface area contributed by atoms with Gasteiger partial charge in [0.25, 0.3) is 0 Å². The van der Waals surface area contributed by atoms with Crippen molar-refractivity contribution in [2.75, 3.05) is 39.8 Å². The second kappa shape index (κ2) is 9.93. The summed E-state index contributed by atoms with van der Waals surface area (Å²) < 4.78 is 0. The summed E-state index contributed by atoms with van der Waals surface area (Å²) in [5, 5.41) is 5.88. The Bertz CT molecular complexity index is 162. The van der Waals surface area contributed by atoms with Gasteiger partial charge in [-0.25, -0.2) is 0 Å². The van der Waals surface area contributed by atoms with Gasteiger partial charge in [-0.05, 0) is 26.6 Å². The average molecular weight is 215 g/mol. The Morgan fingerprint density at radius 1 is 1.20 bits per heavy atom. The summed E-state index contributed by atoms with van der Waals surface area (Å²) in [6.07, 6.45) is 1.73. The Labute approximate surface area is 93.4 Å². The summed E-state index contributed by atoms with van der Waals surface area (Å²) in [5.41, 5.74) is 0. The lowest BCUT2D eigenvalue weighted by molar-refractivity contribution is -0.121. The van der Waals surface area contributed by atoms with Gasteiger partial charge in [0.05, 0.1) is 0 Å². The molecule has 0 saturated carbocycles. The predicted octanol–water partition coefficient (Wildman–Crippen LogP) is 0.444. The predicted molar refractivity (Wildman–Crippen MR) is 64.0 cm³/mol. The first-order valence-corrected chi connectivity index (χ1v) is 5.88. The number of hydrogen-bond donors (Lipinski definition) is 2. The topological polar surface area (TPSA) is 44.4 Å². The first-order valence-electron chi connectivity index (χ1n) is 5.88. The third-order valence-corrected chi connectivity index (χ3v) is 2.34. The van der Waals surface area contributed by atoms with Crippen LogP contribution in [0.1, 0.15) is 26.7 Å². The Morgan fingerprint density at radius 2 is 1.93 bits per heavy atom. The highest BCUT2D eigenvalue weighted by Gasteiger charge is 2.02. The second-order valence-corrected chi connectivity index (χ2v) is 3.64. The summed E-state index contributed by atoms with van der Waals surface area (Å²) in [4.78, 5) is 13.6. The fourth-order valence-corrected chi connectivity index (χ4v) is 1.42. The minimum absolute atomic E-state index is 0.136. The second-order valence-electron chi connectivity index (χ2n) is 3.64.